The first-order valence-electron chi connectivity index (χ1n) is 8.87. The second kappa shape index (κ2) is 9.49. The molecule has 1 aromatic carbocycles. The van der Waals surface area contributed by atoms with Gasteiger partial charge in [-0.15, -0.1) is 6.58 Å². The van der Waals surface area contributed by atoms with Crippen LogP contribution in [0, 0.1) is 10.1 Å². The Morgan fingerprint density at radius 2 is 1.79 bits per heavy atom. The molecular formula is C19H21N3O7. The molecule has 1 unspecified atom stereocenters. The average Bonchev–Trinajstić information content (AvgIpc) is 2.69. The molecule has 10 nitrogen and oxygen atoms in total. The molecule has 0 saturated carbocycles. The monoisotopic (exact) mass is 403 g/mol. The number of ether oxygens (including phenoxy) is 2. The maximum Gasteiger partial charge on any atom is 0.355 e. The van der Waals surface area contributed by atoms with E-state index in [0.717, 1.165) is 4.90 Å². The minimum atomic E-state index is -1.05. The van der Waals surface area contributed by atoms with Crippen molar-refractivity contribution >= 4 is 23.7 Å². The highest BCUT2D eigenvalue weighted by Gasteiger charge is 2.41. The second-order valence-electron chi connectivity index (χ2n) is 5.83. The zero-order valence-corrected chi connectivity index (χ0v) is 16.0. The maximum absolute atomic E-state index is 12.7. The van der Waals surface area contributed by atoms with Gasteiger partial charge >= 0.3 is 18.0 Å². The second-order valence-corrected chi connectivity index (χ2v) is 5.83. The molecule has 0 spiro atoms. The number of carbonyl (C=O) groups is 3. The molecule has 29 heavy (non-hydrogen) atoms. The predicted octanol–water partition coefficient (Wildman–Crippen LogP) is 2.23. The summed E-state index contributed by atoms with van der Waals surface area (Å²) < 4.78 is 10.1. The van der Waals surface area contributed by atoms with Crippen LogP contribution in [-0.2, 0) is 19.1 Å². The number of carbonyl (C=O) groups excluding carboxylic acids is 3. The molecule has 154 valence electrons. The fraction of sp³-hybridized carbons (Fsp3) is 0.316. The summed E-state index contributed by atoms with van der Waals surface area (Å²) in [6.45, 7) is 6.79. The number of nitrogens with one attached hydrogen (secondary N) is 1. The Morgan fingerprint density at radius 1 is 1.21 bits per heavy atom. The van der Waals surface area contributed by atoms with Crippen LogP contribution in [0.25, 0.3) is 0 Å². The van der Waals surface area contributed by atoms with Gasteiger partial charge in [0.25, 0.3) is 5.69 Å². The fourth-order valence-corrected chi connectivity index (χ4v) is 2.84. The summed E-state index contributed by atoms with van der Waals surface area (Å²) in [6.07, 6.45) is 1.40. The summed E-state index contributed by atoms with van der Waals surface area (Å²) in [5, 5.41) is 13.5. The third kappa shape index (κ3) is 4.60. The number of amides is 2. The number of rotatable bonds is 8. The van der Waals surface area contributed by atoms with Crippen molar-refractivity contribution < 1.29 is 28.8 Å². The molecule has 1 N–H and O–H groups in total. The van der Waals surface area contributed by atoms with Gasteiger partial charge in [-0.1, -0.05) is 6.08 Å². The molecule has 1 atom stereocenters. The highest BCUT2D eigenvalue weighted by molar-refractivity contribution is 6.05. The minimum absolute atomic E-state index is 0.0319. The van der Waals surface area contributed by atoms with Gasteiger partial charge < -0.3 is 14.8 Å². The molecule has 10 heteroatoms. The molecule has 0 aromatic heterocycles. The van der Waals surface area contributed by atoms with E-state index in [9.17, 15) is 24.5 Å². The van der Waals surface area contributed by atoms with Crippen LogP contribution in [0.2, 0.25) is 0 Å². The number of nitro groups is 1. The molecule has 0 bridgehead atoms. The van der Waals surface area contributed by atoms with E-state index in [2.05, 4.69) is 11.9 Å². The Hall–Kier alpha value is -3.69. The van der Waals surface area contributed by atoms with Gasteiger partial charge in [-0.25, -0.2) is 14.4 Å². The summed E-state index contributed by atoms with van der Waals surface area (Å²) in [5.41, 5.74) is -0.165. The fourth-order valence-electron chi connectivity index (χ4n) is 2.84. The van der Waals surface area contributed by atoms with E-state index in [-0.39, 0.29) is 36.7 Å². The Bertz CT molecular complexity index is 861. The van der Waals surface area contributed by atoms with Gasteiger partial charge in [0, 0.05) is 18.7 Å². The van der Waals surface area contributed by atoms with Gasteiger partial charge in [0.1, 0.15) is 5.70 Å². The molecule has 1 aliphatic heterocycles. The van der Waals surface area contributed by atoms with E-state index < -0.39 is 28.9 Å². The molecule has 1 aliphatic rings. The Balaban J connectivity index is 2.68. The van der Waals surface area contributed by atoms with Crippen LogP contribution in [-0.4, -0.2) is 47.6 Å². The lowest BCUT2D eigenvalue weighted by Gasteiger charge is -2.34. The number of benzene rings is 1. The largest absolute Gasteiger partial charge is 0.463 e. The molecule has 0 saturated heterocycles. The van der Waals surface area contributed by atoms with E-state index in [0.29, 0.717) is 5.56 Å². The van der Waals surface area contributed by atoms with Crippen molar-refractivity contribution in [3.8, 4) is 0 Å². The highest BCUT2D eigenvalue weighted by Crippen LogP contribution is 2.33. The summed E-state index contributed by atoms with van der Waals surface area (Å²) in [6, 6.07) is 3.57. The number of hydrogen-bond donors (Lipinski definition) is 1. The molecule has 0 aliphatic carbocycles. The van der Waals surface area contributed by atoms with Crippen molar-refractivity contribution in [1.29, 1.82) is 0 Å². The average molecular weight is 403 g/mol. The third-order valence-corrected chi connectivity index (χ3v) is 4.04. The molecule has 0 radical (unpaired) electrons. The van der Waals surface area contributed by atoms with Gasteiger partial charge in [-0.05, 0) is 31.5 Å². The first-order valence-corrected chi connectivity index (χ1v) is 8.87. The number of non-ortho nitro benzene ring substituents is 1. The van der Waals surface area contributed by atoms with E-state index in [4.69, 9.17) is 9.47 Å². The normalized spacial score (nSPS) is 16.1. The first-order chi connectivity index (χ1) is 13.8. The van der Waals surface area contributed by atoms with Crippen molar-refractivity contribution in [3.63, 3.8) is 0 Å². The van der Waals surface area contributed by atoms with Crippen LogP contribution < -0.4 is 5.32 Å². The number of esters is 2. The van der Waals surface area contributed by atoms with Gasteiger partial charge in [-0.2, -0.15) is 0 Å². The summed E-state index contributed by atoms with van der Waals surface area (Å²) >= 11 is 0. The zero-order chi connectivity index (χ0) is 21.6. The molecule has 1 heterocycles. The Morgan fingerprint density at radius 3 is 2.31 bits per heavy atom. The van der Waals surface area contributed by atoms with E-state index >= 15 is 0 Å². The maximum atomic E-state index is 12.7. The first kappa shape index (κ1) is 21.6. The molecular weight excluding hydrogens is 382 g/mol. The lowest BCUT2D eigenvalue weighted by molar-refractivity contribution is -0.384. The van der Waals surface area contributed by atoms with Gasteiger partial charge in [0.2, 0.25) is 0 Å². The lowest BCUT2D eigenvalue weighted by atomic mass is 9.94. The van der Waals surface area contributed by atoms with Crippen LogP contribution >= 0.6 is 0 Å². The molecule has 1 aromatic rings. The van der Waals surface area contributed by atoms with E-state index in [1.54, 1.807) is 13.8 Å². The van der Waals surface area contributed by atoms with Gasteiger partial charge in [0.05, 0.1) is 29.8 Å². The minimum Gasteiger partial charge on any atom is -0.463 e. The van der Waals surface area contributed by atoms with E-state index in [1.807, 2.05) is 0 Å². The topological polar surface area (TPSA) is 128 Å². The number of hydrogen-bond acceptors (Lipinski definition) is 7. The molecule has 2 rings (SSSR count). The van der Waals surface area contributed by atoms with Gasteiger partial charge in [0.15, 0.2) is 0 Å². The van der Waals surface area contributed by atoms with Gasteiger partial charge in [-0.3, -0.25) is 15.0 Å². The van der Waals surface area contributed by atoms with Crippen LogP contribution in [0.4, 0.5) is 10.5 Å². The van der Waals surface area contributed by atoms with Crippen molar-refractivity contribution in [2.45, 2.75) is 19.9 Å². The van der Waals surface area contributed by atoms with Crippen molar-refractivity contribution in [2.24, 2.45) is 0 Å². The molecule has 0 fully saturated rings. The SMILES string of the molecule is C=CCN1C(=O)NC(c2ccc([N+](=O)[O-])cc2)C(C(=O)OCC)=C1C(=O)OCC. The number of nitrogens with zero attached hydrogens (tertiary/aromatic N) is 2. The van der Waals surface area contributed by atoms with Crippen molar-refractivity contribution in [1.82, 2.24) is 10.2 Å². The quantitative estimate of drug-likeness (QED) is 0.305. The number of urea groups is 1. The van der Waals surface area contributed by atoms with Crippen LogP contribution in [0.3, 0.4) is 0 Å². The van der Waals surface area contributed by atoms with Crippen molar-refractivity contribution in [2.75, 3.05) is 19.8 Å². The summed E-state index contributed by atoms with van der Waals surface area (Å²) in [5.74, 6) is -1.67. The van der Waals surface area contributed by atoms with Crippen LogP contribution in [0.15, 0.2) is 48.2 Å². The predicted molar refractivity (Wildman–Crippen MR) is 102 cm³/mol. The lowest BCUT2D eigenvalue weighted by Crippen LogP contribution is -2.50. The Kier molecular flexibility index (Phi) is 7.07. The smallest absolute Gasteiger partial charge is 0.355 e. The Labute approximate surface area is 166 Å². The molecule has 2 amide bonds. The highest BCUT2D eigenvalue weighted by atomic mass is 16.6. The summed E-state index contributed by atoms with van der Waals surface area (Å²) in [7, 11) is 0. The summed E-state index contributed by atoms with van der Waals surface area (Å²) in [4.78, 5) is 49.4. The third-order valence-electron chi connectivity index (χ3n) is 4.04. The zero-order valence-electron chi connectivity index (χ0n) is 16.0. The van der Waals surface area contributed by atoms with Crippen LogP contribution in [0.5, 0.6) is 0 Å². The van der Waals surface area contributed by atoms with Crippen LogP contribution in [0.1, 0.15) is 25.5 Å². The van der Waals surface area contributed by atoms with Crippen molar-refractivity contribution in [3.05, 3.63) is 63.9 Å². The number of nitro benzene ring substituents is 1. The van der Waals surface area contributed by atoms with E-state index in [1.165, 1.54) is 30.3 Å². The standard InChI is InChI=1S/C19H21N3O7/c1-4-11-21-16(18(24)29-6-3)14(17(23)28-5-2)15(20-19(21)25)12-7-9-13(10-8-12)22(26)27/h4,7-10,15H,1,5-6,11H2,2-3H3,(H,20,25).